The number of para-hydroxylation sites is 1. The fourth-order valence-electron chi connectivity index (χ4n) is 2.22. The van der Waals surface area contributed by atoms with E-state index >= 15 is 0 Å². The zero-order chi connectivity index (χ0) is 15.5. The Kier molecular flexibility index (Phi) is 4.90. The molecule has 1 heterocycles. The van der Waals surface area contributed by atoms with Gasteiger partial charge in [0, 0.05) is 36.2 Å². The zero-order valence-electron chi connectivity index (χ0n) is 12.1. The van der Waals surface area contributed by atoms with E-state index in [1.807, 2.05) is 30.5 Å². The van der Waals surface area contributed by atoms with Crippen LogP contribution >= 0.6 is 0 Å². The molecule has 0 radical (unpaired) electrons. The van der Waals surface area contributed by atoms with Gasteiger partial charge in [0.05, 0.1) is 6.61 Å². The van der Waals surface area contributed by atoms with E-state index in [2.05, 4.69) is 23.9 Å². The number of fused-ring (bicyclic) bond motifs is 1. The Balaban J connectivity index is 2.15. The lowest BCUT2D eigenvalue weighted by atomic mass is 10.2. The van der Waals surface area contributed by atoms with Gasteiger partial charge in [-0.15, -0.1) is 13.2 Å². The molecule has 0 atom stereocenters. The first-order valence-electron chi connectivity index (χ1n) is 6.87. The fourth-order valence-corrected chi connectivity index (χ4v) is 2.22. The van der Waals surface area contributed by atoms with E-state index in [-0.39, 0.29) is 13.2 Å². The van der Waals surface area contributed by atoms with Gasteiger partial charge < -0.3 is 9.88 Å². The van der Waals surface area contributed by atoms with E-state index in [1.165, 1.54) is 0 Å². The summed E-state index contributed by atoms with van der Waals surface area (Å²) in [5.74, 6) is 0. The molecule has 0 saturated carbocycles. The Morgan fingerprint density at radius 1 is 1.24 bits per heavy atom. The van der Waals surface area contributed by atoms with Crippen LogP contribution in [0.2, 0.25) is 0 Å². The molecule has 0 amide bonds. The van der Waals surface area contributed by atoms with Gasteiger partial charge in [-0.2, -0.15) is 0 Å². The van der Waals surface area contributed by atoms with Crippen LogP contribution in [0.1, 0.15) is 19.4 Å². The van der Waals surface area contributed by atoms with E-state index in [4.69, 9.17) is 0 Å². The van der Waals surface area contributed by atoms with Crippen LogP contribution in [0.25, 0.3) is 10.9 Å². The van der Waals surface area contributed by atoms with Gasteiger partial charge in [0.25, 0.3) is 0 Å². The molecule has 116 valence electrons. The first-order chi connectivity index (χ1) is 9.87. The molecule has 0 spiro atoms. The first kappa shape index (κ1) is 15.9. The van der Waals surface area contributed by atoms with Gasteiger partial charge in [0.2, 0.25) is 0 Å². The van der Waals surface area contributed by atoms with Crippen LogP contribution in [0.3, 0.4) is 0 Å². The van der Waals surface area contributed by atoms with E-state index in [9.17, 15) is 13.2 Å². The molecule has 0 bridgehead atoms. The minimum absolute atomic E-state index is 0.168. The van der Waals surface area contributed by atoms with Crippen molar-refractivity contribution in [1.29, 1.82) is 0 Å². The molecular weight excluding hydrogens is 281 g/mol. The van der Waals surface area contributed by atoms with Crippen molar-refractivity contribution in [2.75, 3.05) is 6.61 Å². The number of benzene rings is 1. The zero-order valence-corrected chi connectivity index (χ0v) is 12.1. The number of hydrogen-bond acceptors (Lipinski definition) is 2. The molecule has 0 fully saturated rings. The highest BCUT2D eigenvalue weighted by Gasteiger charge is 2.28. The number of hydrogen-bond donors (Lipinski definition) is 1. The fraction of sp³-hybridized carbons (Fsp3) is 0.467. The van der Waals surface area contributed by atoms with Crippen molar-refractivity contribution < 1.29 is 17.9 Å². The smallest absolute Gasteiger partial charge is 0.345 e. The number of halogens is 3. The summed E-state index contributed by atoms with van der Waals surface area (Å²) in [6, 6.07) is 8.04. The Hall–Kier alpha value is -1.53. The third-order valence-electron chi connectivity index (χ3n) is 3.17. The average molecular weight is 300 g/mol. The van der Waals surface area contributed by atoms with E-state index < -0.39 is 6.36 Å². The van der Waals surface area contributed by atoms with Crippen molar-refractivity contribution in [1.82, 2.24) is 9.88 Å². The molecule has 2 rings (SSSR count). The number of aromatic nitrogens is 1. The van der Waals surface area contributed by atoms with Gasteiger partial charge in [-0.3, -0.25) is 4.74 Å². The highest BCUT2D eigenvalue weighted by Crippen LogP contribution is 2.22. The quantitative estimate of drug-likeness (QED) is 0.881. The molecule has 0 aliphatic heterocycles. The maximum atomic E-state index is 12.0. The molecule has 3 nitrogen and oxygen atoms in total. The number of alkyl halides is 3. The standard InChI is InChI=1S/C15H19F3N2O/c1-11(2)19-9-12-10-20(7-8-21-15(16,17)18)14-6-4-3-5-13(12)14/h3-6,10-11,19H,7-9H2,1-2H3. The third-order valence-corrected chi connectivity index (χ3v) is 3.17. The molecule has 1 N–H and O–H groups in total. The van der Waals surface area contributed by atoms with Gasteiger partial charge in [0.1, 0.15) is 0 Å². The monoisotopic (exact) mass is 300 g/mol. The summed E-state index contributed by atoms with van der Waals surface area (Å²) >= 11 is 0. The second-order valence-electron chi connectivity index (χ2n) is 5.19. The Morgan fingerprint density at radius 3 is 2.62 bits per heavy atom. The summed E-state index contributed by atoms with van der Waals surface area (Å²) < 4.78 is 41.8. The summed E-state index contributed by atoms with van der Waals surface area (Å²) in [6.45, 7) is 4.57. The largest absolute Gasteiger partial charge is 0.522 e. The molecule has 6 heteroatoms. The lowest BCUT2D eigenvalue weighted by Gasteiger charge is -2.08. The van der Waals surface area contributed by atoms with Crippen molar-refractivity contribution in [3.63, 3.8) is 0 Å². The minimum Gasteiger partial charge on any atom is -0.345 e. The summed E-state index contributed by atoms with van der Waals surface area (Å²) in [7, 11) is 0. The van der Waals surface area contributed by atoms with E-state index in [0.29, 0.717) is 12.6 Å². The van der Waals surface area contributed by atoms with Gasteiger partial charge in [0.15, 0.2) is 0 Å². The SMILES string of the molecule is CC(C)NCc1cn(CCOC(F)(F)F)c2ccccc12. The predicted molar refractivity (Wildman–Crippen MR) is 75.9 cm³/mol. The molecule has 21 heavy (non-hydrogen) atoms. The number of nitrogens with one attached hydrogen (secondary N) is 1. The lowest BCUT2D eigenvalue weighted by Crippen LogP contribution is -2.21. The Bertz CT molecular complexity index is 590. The summed E-state index contributed by atoms with van der Waals surface area (Å²) in [5.41, 5.74) is 2.00. The van der Waals surface area contributed by atoms with Crippen molar-refractivity contribution >= 4 is 10.9 Å². The maximum absolute atomic E-state index is 12.0. The molecule has 1 aromatic carbocycles. The summed E-state index contributed by atoms with van der Waals surface area (Å²) in [4.78, 5) is 0. The van der Waals surface area contributed by atoms with Crippen molar-refractivity contribution in [2.45, 2.75) is 39.3 Å². The molecular formula is C15H19F3N2O. The van der Waals surface area contributed by atoms with Gasteiger partial charge in [-0.1, -0.05) is 32.0 Å². The van der Waals surface area contributed by atoms with Crippen molar-refractivity contribution in [3.8, 4) is 0 Å². The number of rotatable bonds is 6. The third kappa shape index (κ3) is 4.47. The first-order valence-corrected chi connectivity index (χ1v) is 6.87. The van der Waals surface area contributed by atoms with Gasteiger partial charge in [-0.25, -0.2) is 0 Å². The lowest BCUT2D eigenvalue weighted by molar-refractivity contribution is -0.325. The maximum Gasteiger partial charge on any atom is 0.522 e. The van der Waals surface area contributed by atoms with Crippen LogP contribution in [-0.2, 0) is 17.8 Å². The molecule has 0 unspecified atom stereocenters. The van der Waals surface area contributed by atoms with Crippen molar-refractivity contribution in [2.24, 2.45) is 0 Å². The molecule has 0 aliphatic rings. The molecule has 0 aliphatic carbocycles. The second kappa shape index (κ2) is 6.49. The normalized spacial score (nSPS) is 12.5. The van der Waals surface area contributed by atoms with Crippen LogP contribution in [0.15, 0.2) is 30.5 Å². The number of nitrogens with zero attached hydrogens (tertiary/aromatic N) is 1. The summed E-state index contributed by atoms with van der Waals surface area (Å²) in [6.07, 6.45) is -2.69. The Labute approximate surface area is 121 Å². The van der Waals surface area contributed by atoms with Crippen LogP contribution in [0.4, 0.5) is 13.2 Å². The second-order valence-corrected chi connectivity index (χ2v) is 5.19. The highest BCUT2D eigenvalue weighted by molar-refractivity contribution is 5.83. The highest BCUT2D eigenvalue weighted by atomic mass is 19.4. The van der Waals surface area contributed by atoms with E-state index in [1.54, 1.807) is 4.57 Å². The van der Waals surface area contributed by atoms with Crippen LogP contribution in [0.5, 0.6) is 0 Å². The van der Waals surface area contributed by atoms with Gasteiger partial charge >= 0.3 is 6.36 Å². The van der Waals surface area contributed by atoms with Crippen LogP contribution in [0, 0.1) is 0 Å². The topological polar surface area (TPSA) is 26.2 Å². The number of ether oxygens (including phenoxy) is 1. The summed E-state index contributed by atoms with van der Waals surface area (Å²) in [5, 5.41) is 4.38. The minimum atomic E-state index is -4.58. The predicted octanol–water partition coefficient (Wildman–Crippen LogP) is 3.68. The van der Waals surface area contributed by atoms with E-state index in [0.717, 1.165) is 16.5 Å². The Morgan fingerprint density at radius 2 is 1.95 bits per heavy atom. The van der Waals surface area contributed by atoms with Crippen LogP contribution in [-0.4, -0.2) is 23.6 Å². The van der Waals surface area contributed by atoms with Gasteiger partial charge in [-0.05, 0) is 11.6 Å². The van der Waals surface area contributed by atoms with Crippen molar-refractivity contribution in [3.05, 3.63) is 36.0 Å². The molecule has 0 saturated heterocycles. The molecule has 1 aromatic heterocycles. The average Bonchev–Trinajstić information content (AvgIpc) is 2.74. The van der Waals surface area contributed by atoms with Crippen LogP contribution < -0.4 is 5.32 Å². The molecule has 2 aromatic rings.